The van der Waals surface area contributed by atoms with Crippen LogP contribution in [0.1, 0.15) is 32.0 Å². The van der Waals surface area contributed by atoms with Crippen LogP contribution in [-0.4, -0.2) is 46.1 Å². The molecule has 2 atom stereocenters. The van der Waals surface area contributed by atoms with Crippen molar-refractivity contribution in [1.82, 2.24) is 14.5 Å². The lowest BCUT2D eigenvalue weighted by molar-refractivity contribution is 0.181. The van der Waals surface area contributed by atoms with E-state index < -0.39 is 0 Å². The fourth-order valence-electron chi connectivity index (χ4n) is 2.34. The molecule has 104 valence electrons. The van der Waals surface area contributed by atoms with Gasteiger partial charge in [0, 0.05) is 31.1 Å². The first-order valence-corrected chi connectivity index (χ1v) is 7.99. The van der Waals surface area contributed by atoms with E-state index in [0.717, 1.165) is 18.7 Å². The number of imidazole rings is 1. The van der Waals surface area contributed by atoms with E-state index in [-0.39, 0.29) is 6.04 Å². The van der Waals surface area contributed by atoms with E-state index >= 15 is 0 Å². The second-order valence-corrected chi connectivity index (χ2v) is 5.45. The molecule has 0 saturated carbocycles. The lowest BCUT2D eigenvalue weighted by atomic mass is 10.1. The fourth-order valence-corrected chi connectivity index (χ4v) is 3.19. The second kappa shape index (κ2) is 7.81. The Morgan fingerprint density at radius 2 is 2.22 bits per heavy atom. The number of nitrogens with two attached hydrogens (primary N) is 1. The third-order valence-electron chi connectivity index (χ3n) is 3.55. The van der Waals surface area contributed by atoms with Gasteiger partial charge in [0.1, 0.15) is 0 Å². The van der Waals surface area contributed by atoms with E-state index in [1.165, 1.54) is 5.69 Å². The molecule has 0 aromatic carbocycles. The minimum atomic E-state index is 0.254. The van der Waals surface area contributed by atoms with Crippen LogP contribution < -0.4 is 5.73 Å². The Kier molecular flexibility index (Phi) is 6.75. The largest absolute Gasteiger partial charge is 0.333 e. The van der Waals surface area contributed by atoms with Gasteiger partial charge in [-0.2, -0.15) is 11.8 Å². The maximum atomic E-state index is 5.99. The van der Waals surface area contributed by atoms with Gasteiger partial charge < -0.3 is 10.3 Å². The molecule has 1 aromatic heterocycles. The van der Waals surface area contributed by atoms with Gasteiger partial charge >= 0.3 is 0 Å². The normalized spacial score (nSPS) is 15.0. The topological polar surface area (TPSA) is 47.1 Å². The summed E-state index contributed by atoms with van der Waals surface area (Å²) < 4.78 is 2.18. The van der Waals surface area contributed by atoms with E-state index in [9.17, 15) is 0 Å². The smallest absolute Gasteiger partial charge is 0.0948 e. The van der Waals surface area contributed by atoms with Crippen molar-refractivity contribution >= 4 is 11.8 Å². The monoisotopic (exact) mass is 270 g/mol. The van der Waals surface area contributed by atoms with Crippen molar-refractivity contribution in [2.45, 2.75) is 38.9 Å². The maximum absolute atomic E-state index is 5.99. The summed E-state index contributed by atoms with van der Waals surface area (Å²) in [6, 6.07) is 0.818. The van der Waals surface area contributed by atoms with E-state index in [1.54, 1.807) is 0 Å². The number of hydrogen-bond donors (Lipinski definition) is 1. The van der Waals surface area contributed by atoms with Crippen LogP contribution in [0.4, 0.5) is 0 Å². The van der Waals surface area contributed by atoms with E-state index in [1.807, 2.05) is 24.3 Å². The Balaban J connectivity index is 2.88. The third kappa shape index (κ3) is 3.49. The minimum Gasteiger partial charge on any atom is -0.333 e. The molecule has 2 N–H and O–H groups in total. The highest BCUT2D eigenvalue weighted by Gasteiger charge is 2.24. The van der Waals surface area contributed by atoms with Gasteiger partial charge in [-0.25, -0.2) is 4.98 Å². The van der Waals surface area contributed by atoms with Crippen molar-refractivity contribution in [1.29, 1.82) is 0 Å². The second-order valence-electron chi connectivity index (χ2n) is 4.54. The first-order valence-electron chi connectivity index (χ1n) is 6.60. The van der Waals surface area contributed by atoms with E-state index in [0.29, 0.717) is 12.6 Å². The van der Waals surface area contributed by atoms with Crippen LogP contribution >= 0.6 is 11.8 Å². The minimum absolute atomic E-state index is 0.254. The summed E-state index contributed by atoms with van der Waals surface area (Å²) in [5.41, 5.74) is 7.21. The standard InChI is InChI=1S/C13H26N4S/c1-5-11(9-18-4)16(3)12(7-14)13-8-15-10-17(13)6-2/h8,10-12H,5-7,9,14H2,1-4H3. The van der Waals surface area contributed by atoms with Crippen LogP contribution in [0.15, 0.2) is 12.5 Å². The molecule has 0 fully saturated rings. The Hall–Kier alpha value is -0.520. The molecular formula is C13H26N4S. The van der Waals surface area contributed by atoms with Gasteiger partial charge in [0.2, 0.25) is 0 Å². The Bertz CT molecular complexity index is 339. The Morgan fingerprint density at radius 1 is 1.50 bits per heavy atom. The summed E-state index contributed by atoms with van der Waals surface area (Å²) >= 11 is 1.89. The molecule has 5 heteroatoms. The Labute approximate surface area is 115 Å². The van der Waals surface area contributed by atoms with Crippen molar-refractivity contribution in [3.05, 3.63) is 18.2 Å². The van der Waals surface area contributed by atoms with Crippen molar-refractivity contribution in [2.75, 3.05) is 25.6 Å². The number of nitrogens with zero attached hydrogens (tertiary/aromatic N) is 3. The predicted molar refractivity (Wildman–Crippen MR) is 79.9 cm³/mol. The molecule has 0 aliphatic carbocycles. The van der Waals surface area contributed by atoms with Crippen molar-refractivity contribution in [3.63, 3.8) is 0 Å². The lowest BCUT2D eigenvalue weighted by Gasteiger charge is -2.34. The van der Waals surface area contributed by atoms with Crippen molar-refractivity contribution < 1.29 is 0 Å². The third-order valence-corrected chi connectivity index (χ3v) is 4.27. The van der Waals surface area contributed by atoms with Crippen LogP contribution in [0.3, 0.4) is 0 Å². The molecule has 0 bridgehead atoms. The molecule has 2 unspecified atom stereocenters. The van der Waals surface area contributed by atoms with Crippen LogP contribution in [-0.2, 0) is 6.54 Å². The molecule has 0 spiro atoms. The van der Waals surface area contributed by atoms with E-state index in [4.69, 9.17) is 5.73 Å². The van der Waals surface area contributed by atoms with E-state index in [2.05, 4.69) is 41.6 Å². The zero-order valence-electron chi connectivity index (χ0n) is 12.0. The summed E-state index contributed by atoms with van der Waals surface area (Å²) in [5.74, 6) is 1.14. The van der Waals surface area contributed by atoms with Crippen LogP contribution in [0.2, 0.25) is 0 Å². The van der Waals surface area contributed by atoms with Crippen molar-refractivity contribution in [3.8, 4) is 0 Å². The van der Waals surface area contributed by atoms with Crippen LogP contribution in [0.25, 0.3) is 0 Å². The molecule has 0 amide bonds. The summed E-state index contributed by atoms with van der Waals surface area (Å²) in [5, 5.41) is 0. The molecule has 0 saturated heterocycles. The summed E-state index contributed by atoms with van der Waals surface area (Å²) in [4.78, 5) is 6.65. The summed E-state index contributed by atoms with van der Waals surface area (Å²) in [6.07, 6.45) is 7.14. The zero-order chi connectivity index (χ0) is 13.5. The summed E-state index contributed by atoms with van der Waals surface area (Å²) in [6.45, 7) is 5.95. The van der Waals surface area contributed by atoms with Crippen LogP contribution in [0, 0.1) is 0 Å². The maximum Gasteiger partial charge on any atom is 0.0948 e. The van der Waals surface area contributed by atoms with Gasteiger partial charge in [-0.3, -0.25) is 4.90 Å². The van der Waals surface area contributed by atoms with Crippen LogP contribution in [0.5, 0.6) is 0 Å². The molecule has 0 aliphatic rings. The quantitative estimate of drug-likeness (QED) is 0.784. The van der Waals surface area contributed by atoms with Gasteiger partial charge in [0.15, 0.2) is 0 Å². The molecule has 1 heterocycles. The number of rotatable bonds is 8. The lowest BCUT2D eigenvalue weighted by Crippen LogP contribution is -2.40. The molecular weight excluding hydrogens is 244 g/mol. The molecule has 1 rings (SSSR count). The SMILES string of the molecule is CCC(CSC)N(C)C(CN)c1cncn1CC. The first kappa shape index (κ1) is 15.5. The average molecular weight is 270 g/mol. The number of hydrogen-bond acceptors (Lipinski definition) is 4. The van der Waals surface area contributed by atoms with Gasteiger partial charge in [0.05, 0.1) is 18.1 Å². The van der Waals surface area contributed by atoms with Gasteiger partial charge in [-0.1, -0.05) is 6.92 Å². The Morgan fingerprint density at radius 3 is 2.72 bits per heavy atom. The fraction of sp³-hybridized carbons (Fsp3) is 0.769. The first-order chi connectivity index (χ1) is 8.69. The zero-order valence-corrected chi connectivity index (χ0v) is 12.8. The molecule has 4 nitrogen and oxygen atoms in total. The highest BCUT2D eigenvalue weighted by Crippen LogP contribution is 2.22. The number of thioether (sulfide) groups is 1. The molecule has 18 heavy (non-hydrogen) atoms. The summed E-state index contributed by atoms with van der Waals surface area (Å²) in [7, 11) is 2.18. The number of aryl methyl sites for hydroxylation is 1. The predicted octanol–water partition coefficient (Wildman–Crippen LogP) is 1.98. The number of likely N-dealkylation sites (N-methyl/N-ethyl adjacent to an activating group) is 1. The van der Waals surface area contributed by atoms with Gasteiger partial charge in [0.25, 0.3) is 0 Å². The molecule has 0 aliphatic heterocycles. The highest BCUT2D eigenvalue weighted by molar-refractivity contribution is 7.98. The molecule has 0 radical (unpaired) electrons. The molecule has 1 aromatic rings. The average Bonchev–Trinajstić information content (AvgIpc) is 2.84. The highest BCUT2D eigenvalue weighted by atomic mass is 32.2. The number of aromatic nitrogens is 2. The van der Waals surface area contributed by atoms with Crippen molar-refractivity contribution in [2.24, 2.45) is 5.73 Å². The van der Waals surface area contributed by atoms with Gasteiger partial charge in [-0.15, -0.1) is 0 Å². The van der Waals surface area contributed by atoms with Gasteiger partial charge in [-0.05, 0) is 26.6 Å².